The normalized spacial score (nSPS) is 9.30. The van der Waals surface area contributed by atoms with Gasteiger partial charge >= 0.3 is 0 Å². The lowest BCUT2D eigenvalue weighted by Gasteiger charge is -1.94. The van der Waals surface area contributed by atoms with Crippen LogP contribution in [0.3, 0.4) is 0 Å². The SMILES string of the molecule is C=Cc1ccc(C[N])cc1. The Labute approximate surface area is 61.2 Å². The minimum Gasteiger partial charge on any atom is -0.140 e. The first kappa shape index (κ1) is 7.03. The van der Waals surface area contributed by atoms with Gasteiger partial charge in [-0.25, -0.2) is 0 Å². The van der Waals surface area contributed by atoms with E-state index >= 15 is 0 Å². The van der Waals surface area contributed by atoms with Crippen molar-refractivity contribution in [1.29, 1.82) is 0 Å². The molecule has 0 saturated heterocycles. The number of hydrogen-bond donors (Lipinski definition) is 0. The van der Waals surface area contributed by atoms with Crippen LogP contribution in [0.25, 0.3) is 6.08 Å². The highest BCUT2D eigenvalue weighted by Gasteiger charge is 1.87. The summed E-state index contributed by atoms with van der Waals surface area (Å²) in [7, 11) is 0. The van der Waals surface area contributed by atoms with Crippen LogP contribution in [-0.4, -0.2) is 0 Å². The van der Waals surface area contributed by atoms with Gasteiger partial charge in [-0.15, -0.1) is 5.73 Å². The Morgan fingerprint density at radius 3 is 2.30 bits per heavy atom. The standard InChI is InChI=1S/C9H9N/c1-2-8-3-5-9(7-10)6-4-8/h2-6H,1,7H2. The van der Waals surface area contributed by atoms with Crippen LogP contribution in [0.1, 0.15) is 11.1 Å². The molecule has 2 radical (unpaired) electrons. The third-order valence-electron chi connectivity index (χ3n) is 1.40. The number of hydrogen-bond acceptors (Lipinski definition) is 0. The molecule has 1 nitrogen and oxygen atoms in total. The monoisotopic (exact) mass is 131 g/mol. The first-order valence-electron chi connectivity index (χ1n) is 3.19. The second kappa shape index (κ2) is 3.18. The number of nitrogens with zero attached hydrogens (tertiary/aromatic N) is 1. The van der Waals surface area contributed by atoms with E-state index in [0.29, 0.717) is 0 Å². The minimum atomic E-state index is 0.109. The van der Waals surface area contributed by atoms with Crippen LogP contribution >= 0.6 is 0 Å². The van der Waals surface area contributed by atoms with Crippen molar-refractivity contribution in [3.05, 3.63) is 42.0 Å². The summed E-state index contributed by atoms with van der Waals surface area (Å²) in [5.74, 6) is 0. The zero-order valence-corrected chi connectivity index (χ0v) is 5.75. The van der Waals surface area contributed by atoms with Crippen LogP contribution in [0.4, 0.5) is 0 Å². The van der Waals surface area contributed by atoms with E-state index in [-0.39, 0.29) is 6.54 Å². The molecule has 0 heterocycles. The Bertz CT molecular complexity index is 211. The summed E-state index contributed by atoms with van der Waals surface area (Å²) in [6.07, 6.45) is 1.78. The fourth-order valence-corrected chi connectivity index (χ4v) is 0.759. The Kier molecular flexibility index (Phi) is 2.24. The Balaban J connectivity index is 2.90. The minimum absolute atomic E-state index is 0.109. The second-order valence-corrected chi connectivity index (χ2v) is 2.10. The molecule has 0 saturated carbocycles. The molecule has 0 aromatic heterocycles. The lowest BCUT2D eigenvalue weighted by molar-refractivity contribution is 1.03. The number of benzene rings is 1. The molecule has 1 heteroatoms. The molecular formula is C9H9N. The van der Waals surface area contributed by atoms with Gasteiger partial charge in [0, 0.05) is 0 Å². The maximum Gasteiger partial charge on any atom is 0.0572 e. The Hall–Kier alpha value is -1.08. The lowest BCUT2D eigenvalue weighted by Crippen LogP contribution is -1.82. The smallest absolute Gasteiger partial charge is 0.0572 e. The van der Waals surface area contributed by atoms with Crippen molar-refractivity contribution in [3.63, 3.8) is 0 Å². The molecule has 50 valence electrons. The molecule has 0 unspecified atom stereocenters. The predicted octanol–water partition coefficient (Wildman–Crippen LogP) is 1.90. The lowest BCUT2D eigenvalue weighted by atomic mass is 10.1. The van der Waals surface area contributed by atoms with Gasteiger partial charge in [0.1, 0.15) is 0 Å². The quantitative estimate of drug-likeness (QED) is 0.585. The molecule has 1 aromatic carbocycles. The fraction of sp³-hybridized carbons (Fsp3) is 0.111. The van der Waals surface area contributed by atoms with Crippen molar-refractivity contribution in [2.45, 2.75) is 6.54 Å². The molecular weight excluding hydrogens is 122 g/mol. The first-order valence-corrected chi connectivity index (χ1v) is 3.19. The first-order chi connectivity index (χ1) is 4.86. The largest absolute Gasteiger partial charge is 0.140 e. The van der Waals surface area contributed by atoms with Crippen LogP contribution in [0.5, 0.6) is 0 Å². The molecule has 0 spiro atoms. The van der Waals surface area contributed by atoms with Crippen LogP contribution < -0.4 is 5.73 Å². The molecule has 0 aliphatic carbocycles. The van der Waals surface area contributed by atoms with Crippen molar-refractivity contribution >= 4 is 6.08 Å². The van der Waals surface area contributed by atoms with E-state index in [2.05, 4.69) is 6.58 Å². The Morgan fingerprint density at radius 2 is 1.90 bits per heavy atom. The molecule has 0 amide bonds. The van der Waals surface area contributed by atoms with Gasteiger partial charge in [-0.3, -0.25) is 0 Å². The average Bonchev–Trinajstić information content (AvgIpc) is 2.05. The van der Waals surface area contributed by atoms with Crippen LogP contribution in [-0.2, 0) is 6.54 Å². The summed E-state index contributed by atoms with van der Waals surface area (Å²) < 4.78 is 0. The maximum absolute atomic E-state index is 8.68. The molecule has 0 atom stereocenters. The highest BCUT2D eigenvalue weighted by molar-refractivity contribution is 5.47. The highest BCUT2D eigenvalue weighted by Crippen LogP contribution is 2.04. The highest BCUT2D eigenvalue weighted by atomic mass is 14.5. The van der Waals surface area contributed by atoms with Crippen molar-refractivity contribution in [2.24, 2.45) is 0 Å². The van der Waals surface area contributed by atoms with E-state index in [1.54, 1.807) is 6.08 Å². The van der Waals surface area contributed by atoms with E-state index in [9.17, 15) is 0 Å². The second-order valence-electron chi connectivity index (χ2n) is 2.10. The fourth-order valence-electron chi connectivity index (χ4n) is 0.759. The summed E-state index contributed by atoms with van der Waals surface area (Å²) in [6.45, 7) is 3.73. The molecule has 0 fully saturated rings. The van der Waals surface area contributed by atoms with Crippen molar-refractivity contribution in [2.75, 3.05) is 0 Å². The molecule has 0 N–H and O–H groups in total. The van der Waals surface area contributed by atoms with E-state index < -0.39 is 0 Å². The van der Waals surface area contributed by atoms with E-state index in [4.69, 9.17) is 5.73 Å². The van der Waals surface area contributed by atoms with Crippen LogP contribution in [0, 0.1) is 0 Å². The maximum atomic E-state index is 8.68. The van der Waals surface area contributed by atoms with Crippen molar-refractivity contribution in [1.82, 2.24) is 5.73 Å². The summed E-state index contributed by atoms with van der Waals surface area (Å²) in [5.41, 5.74) is 10.7. The summed E-state index contributed by atoms with van der Waals surface area (Å²) >= 11 is 0. The molecule has 0 aliphatic heterocycles. The number of rotatable bonds is 2. The molecule has 1 rings (SSSR count). The van der Waals surface area contributed by atoms with Gasteiger partial charge in [0.15, 0.2) is 0 Å². The third kappa shape index (κ3) is 1.45. The van der Waals surface area contributed by atoms with E-state index in [0.717, 1.165) is 11.1 Å². The van der Waals surface area contributed by atoms with Crippen molar-refractivity contribution < 1.29 is 0 Å². The zero-order chi connectivity index (χ0) is 7.40. The van der Waals surface area contributed by atoms with Gasteiger partial charge < -0.3 is 0 Å². The van der Waals surface area contributed by atoms with Crippen LogP contribution in [0.2, 0.25) is 0 Å². The van der Waals surface area contributed by atoms with Gasteiger partial charge in [-0.1, -0.05) is 36.9 Å². The van der Waals surface area contributed by atoms with E-state index in [1.165, 1.54) is 0 Å². The third-order valence-corrected chi connectivity index (χ3v) is 1.40. The predicted molar refractivity (Wildman–Crippen MR) is 42.4 cm³/mol. The summed E-state index contributed by atoms with van der Waals surface area (Å²) in [6, 6.07) is 7.63. The van der Waals surface area contributed by atoms with Gasteiger partial charge in [-0.2, -0.15) is 0 Å². The summed E-state index contributed by atoms with van der Waals surface area (Å²) in [4.78, 5) is 0. The molecule has 1 aromatic rings. The molecule has 10 heavy (non-hydrogen) atoms. The van der Waals surface area contributed by atoms with Gasteiger partial charge in [-0.05, 0) is 11.1 Å². The molecule has 0 bridgehead atoms. The van der Waals surface area contributed by atoms with Gasteiger partial charge in [0.05, 0.1) is 6.54 Å². The topological polar surface area (TPSA) is 22.3 Å². The van der Waals surface area contributed by atoms with Gasteiger partial charge in [0.2, 0.25) is 0 Å². The van der Waals surface area contributed by atoms with Gasteiger partial charge in [0.25, 0.3) is 0 Å². The average molecular weight is 131 g/mol. The van der Waals surface area contributed by atoms with Crippen LogP contribution in [0.15, 0.2) is 30.8 Å². The Morgan fingerprint density at radius 1 is 1.30 bits per heavy atom. The zero-order valence-electron chi connectivity index (χ0n) is 5.75. The molecule has 0 aliphatic rings. The van der Waals surface area contributed by atoms with E-state index in [1.807, 2.05) is 24.3 Å². The summed E-state index contributed by atoms with van der Waals surface area (Å²) in [5, 5.41) is 0. The van der Waals surface area contributed by atoms with Crippen molar-refractivity contribution in [3.8, 4) is 0 Å².